The molecule has 0 amide bonds. The maximum absolute atomic E-state index is 11.2. The molecule has 0 saturated heterocycles. The number of hydrogen-bond acceptors (Lipinski definition) is 2. The van der Waals surface area contributed by atoms with Crippen LogP contribution in [0.2, 0.25) is 0 Å². The van der Waals surface area contributed by atoms with Gasteiger partial charge in [0.2, 0.25) is 0 Å². The molecule has 1 aliphatic rings. The highest BCUT2D eigenvalue weighted by Gasteiger charge is 2.23. The molecule has 13 heavy (non-hydrogen) atoms. The van der Waals surface area contributed by atoms with Gasteiger partial charge in [-0.1, -0.05) is 24.3 Å². The Morgan fingerprint density at radius 3 is 2.38 bits per heavy atom. The van der Waals surface area contributed by atoms with E-state index < -0.39 is 0 Å². The number of ketones is 1. The SMILES string of the molecule is NCC(=O)c1ccc(C2CC2)cc1. The molecule has 0 spiro atoms. The van der Waals surface area contributed by atoms with Crippen LogP contribution in [-0.2, 0) is 0 Å². The Morgan fingerprint density at radius 2 is 1.92 bits per heavy atom. The predicted octanol–water partition coefficient (Wildman–Crippen LogP) is 1.71. The van der Waals surface area contributed by atoms with Gasteiger partial charge in [-0.3, -0.25) is 4.79 Å². The molecule has 0 aromatic heterocycles. The van der Waals surface area contributed by atoms with Crippen molar-refractivity contribution in [2.75, 3.05) is 6.54 Å². The summed E-state index contributed by atoms with van der Waals surface area (Å²) >= 11 is 0. The number of nitrogens with two attached hydrogens (primary N) is 1. The van der Waals surface area contributed by atoms with Crippen molar-refractivity contribution in [2.45, 2.75) is 18.8 Å². The van der Waals surface area contributed by atoms with Gasteiger partial charge in [-0.15, -0.1) is 0 Å². The zero-order valence-electron chi connectivity index (χ0n) is 7.49. The Morgan fingerprint density at radius 1 is 1.31 bits per heavy atom. The van der Waals surface area contributed by atoms with Gasteiger partial charge in [-0.05, 0) is 24.3 Å². The first-order valence-electron chi connectivity index (χ1n) is 4.64. The molecule has 1 fully saturated rings. The molecule has 0 radical (unpaired) electrons. The summed E-state index contributed by atoms with van der Waals surface area (Å²) in [7, 11) is 0. The third-order valence-corrected chi connectivity index (χ3v) is 2.47. The van der Waals surface area contributed by atoms with E-state index in [2.05, 4.69) is 0 Å². The Hall–Kier alpha value is -1.15. The van der Waals surface area contributed by atoms with E-state index in [1.54, 1.807) is 0 Å². The summed E-state index contributed by atoms with van der Waals surface area (Å²) in [5.41, 5.74) is 7.35. The van der Waals surface area contributed by atoms with Crippen LogP contribution >= 0.6 is 0 Å². The second-order valence-corrected chi connectivity index (χ2v) is 3.52. The second-order valence-electron chi connectivity index (χ2n) is 3.52. The molecule has 0 bridgehead atoms. The Kier molecular flexibility index (Phi) is 2.15. The smallest absolute Gasteiger partial charge is 0.176 e. The molecule has 68 valence electrons. The van der Waals surface area contributed by atoms with Crippen molar-refractivity contribution in [3.63, 3.8) is 0 Å². The first-order chi connectivity index (χ1) is 6.31. The van der Waals surface area contributed by atoms with E-state index in [1.807, 2.05) is 24.3 Å². The fraction of sp³-hybridized carbons (Fsp3) is 0.364. The molecular weight excluding hydrogens is 162 g/mol. The number of hydrogen-bond donors (Lipinski definition) is 1. The third-order valence-electron chi connectivity index (χ3n) is 2.47. The predicted molar refractivity (Wildman–Crippen MR) is 51.8 cm³/mol. The fourth-order valence-electron chi connectivity index (χ4n) is 1.48. The lowest BCUT2D eigenvalue weighted by molar-refractivity contribution is 0.100. The highest BCUT2D eigenvalue weighted by Crippen LogP contribution is 2.39. The molecule has 1 aromatic rings. The lowest BCUT2D eigenvalue weighted by atomic mass is 10.1. The average molecular weight is 175 g/mol. The van der Waals surface area contributed by atoms with E-state index >= 15 is 0 Å². The van der Waals surface area contributed by atoms with Crippen LogP contribution in [0.4, 0.5) is 0 Å². The van der Waals surface area contributed by atoms with E-state index in [9.17, 15) is 4.79 Å². The number of Topliss-reactive ketones (excluding diaryl/α,β-unsaturated/α-hetero) is 1. The largest absolute Gasteiger partial charge is 0.324 e. The van der Waals surface area contributed by atoms with Gasteiger partial charge in [0, 0.05) is 5.56 Å². The van der Waals surface area contributed by atoms with Crippen LogP contribution in [0.5, 0.6) is 0 Å². The molecule has 2 heteroatoms. The number of benzene rings is 1. The summed E-state index contributed by atoms with van der Waals surface area (Å²) in [5, 5.41) is 0. The highest BCUT2D eigenvalue weighted by molar-refractivity contribution is 5.97. The van der Waals surface area contributed by atoms with Gasteiger partial charge in [0.05, 0.1) is 6.54 Å². The fourth-order valence-corrected chi connectivity index (χ4v) is 1.48. The zero-order valence-corrected chi connectivity index (χ0v) is 7.49. The van der Waals surface area contributed by atoms with E-state index in [4.69, 9.17) is 5.73 Å². The molecule has 2 rings (SSSR count). The first-order valence-corrected chi connectivity index (χ1v) is 4.64. The first kappa shape index (κ1) is 8.45. The maximum atomic E-state index is 11.2. The average Bonchev–Trinajstić information content (AvgIpc) is 3.00. The van der Waals surface area contributed by atoms with E-state index in [1.165, 1.54) is 18.4 Å². The molecular formula is C11H13NO. The van der Waals surface area contributed by atoms with Gasteiger partial charge in [0.15, 0.2) is 5.78 Å². The Bertz CT molecular complexity index is 311. The minimum atomic E-state index is 0.0161. The molecule has 0 unspecified atom stereocenters. The van der Waals surface area contributed by atoms with Crippen molar-refractivity contribution < 1.29 is 4.79 Å². The van der Waals surface area contributed by atoms with Gasteiger partial charge in [-0.25, -0.2) is 0 Å². The second kappa shape index (κ2) is 3.30. The molecule has 1 aliphatic carbocycles. The van der Waals surface area contributed by atoms with Crippen LogP contribution in [0.3, 0.4) is 0 Å². The van der Waals surface area contributed by atoms with Crippen LogP contribution in [0.25, 0.3) is 0 Å². The van der Waals surface area contributed by atoms with Gasteiger partial charge >= 0.3 is 0 Å². The van der Waals surface area contributed by atoms with Gasteiger partial charge in [0.1, 0.15) is 0 Å². The summed E-state index contributed by atoms with van der Waals surface area (Å²) in [6.45, 7) is 0.1000. The monoisotopic (exact) mass is 175 g/mol. The molecule has 1 aromatic carbocycles. The number of carbonyl (C=O) groups is 1. The van der Waals surface area contributed by atoms with Crippen molar-refractivity contribution in [3.8, 4) is 0 Å². The number of carbonyl (C=O) groups excluding carboxylic acids is 1. The lowest BCUT2D eigenvalue weighted by Crippen LogP contribution is -2.13. The van der Waals surface area contributed by atoms with Crippen LogP contribution in [-0.4, -0.2) is 12.3 Å². The maximum Gasteiger partial charge on any atom is 0.176 e. The van der Waals surface area contributed by atoms with Gasteiger partial charge in [-0.2, -0.15) is 0 Å². The molecule has 0 aliphatic heterocycles. The van der Waals surface area contributed by atoms with Crippen LogP contribution in [0.1, 0.15) is 34.7 Å². The summed E-state index contributed by atoms with van der Waals surface area (Å²) in [6.07, 6.45) is 2.59. The molecule has 2 N–H and O–H groups in total. The van der Waals surface area contributed by atoms with Crippen LogP contribution in [0.15, 0.2) is 24.3 Å². The Balaban J connectivity index is 2.17. The Labute approximate surface area is 77.8 Å². The van der Waals surface area contributed by atoms with Crippen molar-refractivity contribution in [1.82, 2.24) is 0 Å². The quantitative estimate of drug-likeness (QED) is 0.710. The summed E-state index contributed by atoms with van der Waals surface area (Å²) < 4.78 is 0. The van der Waals surface area contributed by atoms with Gasteiger partial charge < -0.3 is 5.73 Å². The summed E-state index contributed by atoms with van der Waals surface area (Å²) in [6, 6.07) is 7.84. The third kappa shape index (κ3) is 1.78. The van der Waals surface area contributed by atoms with Crippen molar-refractivity contribution in [3.05, 3.63) is 35.4 Å². The van der Waals surface area contributed by atoms with E-state index in [0.717, 1.165) is 11.5 Å². The molecule has 2 nitrogen and oxygen atoms in total. The lowest BCUT2D eigenvalue weighted by Gasteiger charge is -2.00. The molecule has 0 heterocycles. The normalized spacial score (nSPS) is 15.8. The summed E-state index contributed by atoms with van der Waals surface area (Å²) in [4.78, 5) is 11.2. The zero-order chi connectivity index (χ0) is 9.26. The van der Waals surface area contributed by atoms with E-state index in [0.29, 0.717) is 0 Å². The minimum absolute atomic E-state index is 0.0161. The standard InChI is InChI=1S/C11H13NO/c12-7-11(13)10-5-3-9(4-6-10)8-1-2-8/h3-6,8H,1-2,7,12H2. The van der Waals surface area contributed by atoms with Crippen molar-refractivity contribution in [1.29, 1.82) is 0 Å². The van der Waals surface area contributed by atoms with Gasteiger partial charge in [0.25, 0.3) is 0 Å². The van der Waals surface area contributed by atoms with Crippen LogP contribution < -0.4 is 5.73 Å². The molecule has 1 saturated carbocycles. The highest BCUT2D eigenvalue weighted by atomic mass is 16.1. The topological polar surface area (TPSA) is 43.1 Å². The minimum Gasteiger partial charge on any atom is -0.324 e. The van der Waals surface area contributed by atoms with E-state index in [-0.39, 0.29) is 12.3 Å². The summed E-state index contributed by atoms with van der Waals surface area (Å²) in [5.74, 6) is 0.768. The molecule has 0 atom stereocenters. The van der Waals surface area contributed by atoms with Crippen molar-refractivity contribution >= 4 is 5.78 Å². The van der Waals surface area contributed by atoms with Crippen LogP contribution in [0, 0.1) is 0 Å². The van der Waals surface area contributed by atoms with Crippen molar-refractivity contribution in [2.24, 2.45) is 5.73 Å². The number of rotatable bonds is 3.